The zero-order valence-corrected chi connectivity index (χ0v) is 15.8. The number of amides is 1. The van der Waals surface area contributed by atoms with Gasteiger partial charge in [0.05, 0.1) is 16.4 Å². The van der Waals surface area contributed by atoms with Crippen LogP contribution < -0.4 is 4.90 Å². The molecular formula is C16H17BrN4O2S. The number of aromatic nitrogens is 2. The Labute approximate surface area is 152 Å². The van der Waals surface area contributed by atoms with E-state index in [1.54, 1.807) is 11.0 Å². The molecule has 126 valence electrons. The molecule has 3 aromatic rings. The van der Waals surface area contributed by atoms with Gasteiger partial charge >= 0.3 is 0 Å². The summed E-state index contributed by atoms with van der Waals surface area (Å²) in [5.74, 6) is 0.00432. The average Bonchev–Trinajstić information content (AvgIpc) is 3.19. The molecule has 8 heteroatoms. The summed E-state index contributed by atoms with van der Waals surface area (Å²) in [5, 5.41) is 4.30. The quantitative estimate of drug-likeness (QED) is 0.622. The van der Waals surface area contributed by atoms with Gasteiger partial charge in [0.15, 0.2) is 5.13 Å². The largest absolute Gasteiger partial charge is 0.351 e. The number of fused-ring (bicyclic) bond motifs is 1. The number of hydrogen-bond acceptors (Lipinski definition) is 6. The lowest BCUT2D eigenvalue weighted by molar-refractivity contribution is 0.0950. The smallest absolute Gasteiger partial charge is 0.298 e. The number of carbonyl (C=O) groups excluding carboxylic acids is 1. The predicted molar refractivity (Wildman–Crippen MR) is 98.7 cm³/mol. The first-order valence-electron chi connectivity index (χ1n) is 7.48. The van der Waals surface area contributed by atoms with E-state index in [9.17, 15) is 4.79 Å². The van der Waals surface area contributed by atoms with Crippen LogP contribution in [0, 0.1) is 0 Å². The Kier molecular flexibility index (Phi) is 5.27. The third-order valence-electron chi connectivity index (χ3n) is 3.45. The number of carbonyl (C=O) groups is 1. The highest BCUT2D eigenvalue weighted by Crippen LogP contribution is 2.31. The lowest BCUT2D eigenvalue weighted by Crippen LogP contribution is -2.33. The summed E-state index contributed by atoms with van der Waals surface area (Å²) < 4.78 is 7.06. The van der Waals surface area contributed by atoms with E-state index in [-0.39, 0.29) is 11.7 Å². The zero-order chi connectivity index (χ0) is 17.1. The van der Waals surface area contributed by atoms with Crippen LogP contribution in [0.15, 0.2) is 39.5 Å². The van der Waals surface area contributed by atoms with E-state index < -0.39 is 0 Å². The minimum Gasteiger partial charge on any atom is -0.351 e. The fraction of sp³-hybridized carbons (Fsp3) is 0.312. The fourth-order valence-corrected chi connectivity index (χ4v) is 3.83. The van der Waals surface area contributed by atoms with E-state index in [1.807, 2.05) is 32.3 Å². The third-order valence-corrected chi connectivity index (χ3v) is 4.99. The number of rotatable bonds is 6. The molecule has 0 bridgehead atoms. The van der Waals surface area contributed by atoms with Crippen molar-refractivity contribution in [2.24, 2.45) is 0 Å². The van der Waals surface area contributed by atoms with Crippen LogP contribution in [0.2, 0.25) is 0 Å². The van der Waals surface area contributed by atoms with Crippen LogP contribution in [0.25, 0.3) is 10.2 Å². The highest BCUT2D eigenvalue weighted by atomic mass is 79.9. The molecule has 0 aliphatic heterocycles. The van der Waals surface area contributed by atoms with Crippen molar-refractivity contribution in [1.29, 1.82) is 0 Å². The van der Waals surface area contributed by atoms with Gasteiger partial charge in [-0.3, -0.25) is 9.69 Å². The molecule has 1 amide bonds. The third kappa shape index (κ3) is 3.82. The standard InChI is InChI=1S/C16H17BrN4O2S/c1-20(2)8-3-9-21(15(22)13-6-7-18-23-13)16-19-12-5-4-11(17)10-14(12)24-16/h4-7,10H,3,8-9H2,1-2H3. The number of anilines is 1. The van der Waals surface area contributed by atoms with Gasteiger partial charge in [0.25, 0.3) is 5.91 Å². The highest BCUT2D eigenvalue weighted by molar-refractivity contribution is 9.10. The zero-order valence-electron chi connectivity index (χ0n) is 13.4. The molecule has 0 atom stereocenters. The first-order valence-corrected chi connectivity index (χ1v) is 9.09. The van der Waals surface area contributed by atoms with Crippen molar-refractivity contribution in [1.82, 2.24) is 15.0 Å². The van der Waals surface area contributed by atoms with Crippen LogP contribution in [0.1, 0.15) is 17.0 Å². The summed E-state index contributed by atoms with van der Waals surface area (Å²) in [5.41, 5.74) is 0.876. The van der Waals surface area contributed by atoms with Crippen molar-refractivity contribution < 1.29 is 9.32 Å². The van der Waals surface area contributed by atoms with E-state index in [0.29, 0.717) is 11.7 Å². The number of nitrogens with zero attached hydrogens (tertiary/aromatic N) is 4. The molecule has 0 saturated carbocycles. The Morgan fingerprint density at radius 1 is 1.29 bits per heavy atom. The van der Waals surface area contributed by atoms with Crippen LogP contribution in [-0.2, 0) is 0 Å². The summed E-state index contributed by atoms with van der Waals surface area (Å²) in [6.07, 6.45) is 2.31. The van der Waals surface area contributed by atoms with Crippen LogP contribution in [-0.4, -0.2) is 48.1 Å². The van der Waals surface area contributed by atoms with E-state index >= 15 is 0 Å². The van der Waals surface area contributed by atoms with Crippen molar-refractivity contribution >= 4 is 48.5 Å². The molecule has 2 aromatic heterocycles. The average molecular weight is 409 g/mol. The summed E-state index contributed by atoms with van der Waals surface area (Å²) in [6, 6.07) is 7.47. The molecule has 6 nitrogen and oxygen atoms in total. The van der Waals surface area contributed by atoms with Crippen LogP contribution in [0.5, 0.6) is 0 Å². The minimum atomic E-state index is -0.218. The van der Waals surface area contributed by atoms with Gasteiger partial charge in [-0.05, 0) is 45.3 Å². The lowest BCUT2D eigenvalue weighted by Gasteiger charge is -2.19. The van der Waals surface area contributed by atoms with E-state index in [0.717, 1.165) is 27.7 Å². The Hall–Kier alpha value is -1.77. The molecule has 24 heavy (non-hydrogen) atoms. The van der Waals surface area contributed by atoms with Gasteiger partial charge in [-0.2, -0.15) is 0 Å². The Morgan fingerprint density at radius 2 is 2.12 bits per heavy atom. The second-order valence-electron chi connectivity index (χ2n) is 5.60. The van der Waals surface area contributed by atoms with E-state index in [1.165, 1.54) is 17.5 Å². The van der Waals surface area contributed by atoms with Crippen molar-refractivity contribution in [3.8, 4) is 0 Å². The van der Waals surface area contributed by atoms with Crippen LogP contribution in [0.3, 0.4) is 0 Å². The molecule has 0 radical (unpaired) electrons. The van der Waals surface area contributed by atoms with Crippen LogP contribution >= 0.6 is 27.3 Å². The number of thiazole rings is 1. The molecule has 0 aliphatic carbocycles. The summed E-state index contributed by atoms with van der Waals surface area (Å²) in [4.78, 5) is 21.1. The van der Waals surface area contributed by atoms with Crippen molar-refractivity contribution in [2.75, 3.05) is 32.1 Å². The molecule has 0 fully saturated rings. The summed E-state index contributed by atoms with van der Waals surface area (Å²) >= 11 is 4.96. The van der Waals surface area contributed by atoms with Crippen LogP contribution in [0.4, 0.5) is 5.13 Å². The molecule has 0 aliphatic rings. The molecule has 3 rings (SSSR count). The predicted octanol–water partition coefficient (Wildman–Crippen LogP) is 3.65. The second-order valence-corrected chi connectivity index (χ2v) is 7.52. The van der Waals surface area contributed by atoms with Gasteiger partial charge in [-0.15, -0.1) is 0 Å². The normalized spacial score (nSPS) is 11.3. The maximum absolute atomic E-state index is 12.8. The topological polar surface area (TPSA) is 62.5 Å². The van der Waals surface area contributed by atoms with E-state index in [4.69, 9.17) is 4.52 Å². The monoisotopic (exact) mass is 408 g/mol. The number of halogens is 1. The minimum absolute atomic E-state index is 0.218. The maximum atomic E-state index is 12.8. The fourth-order valence-electron chi connectivity index (χ4n) is 2.29. The first-order chi connectivity index (χ1) is 11.5. The van der Waals surface area contributed by atoms with Gasteiger partial charge in [-0.25, -0.2) is 4.98 Å². The lowest BCUT2D eigenvalue weighted by atomic mass is 10.3. The van der Waals surface area contributed by atoms with Gasteiger partial charge in [0.2, 0.25) is 5.76 Å². The molecule has 0 saturated heterocycles. The molecule has 1 aromatic carbocycles. The Bertz CT molecular complexity index is 832. The van der Waals surface area contributed by atoms with Gasteiger partial charge in [0.1, 0.15) is 0 Å². The molecule has 0 spiro atoms. The molecule has 0 unspecified atom stereocenters. The van der Waals surface area contributed by atoms with Gasteiger partial charge in [-0.1, -0.05) is 32.4 Å². The van der Waals surface area contributed by atoms with Crippen molar-refractivity contribution in [2.45, 2.75) is 6.42 Å². The summed E-state index contributed by atoms with van der Waals surface area (Å²) in [6.45, 7) is 1.45. The van der Waals surface area contributed by atoms with Crippen molar-refractivity contribution in [3.05, 3.63) is 40.7 Å². The SMILES string of the molecule is CN(C)CCCN(C(=O)c1ccno1)c1nc2ccc(Br)cc2s1. The molecular weight excluding hydrogens is 392 g/mol. The Morgan fingerprint density at radius 3 is 2.83 bits per heavy atom. The maximum Gasteiger partial charge on any atom is 0.298 e. The van der Waals surface area contributed by atoms with E-state index in [2.05, 4.69) is 31.0 Å². The highest BCUT2D eigenvalue weighted by Gasteiger charge is 2.23. The Balaban J connectivity index is 1.91. The second kappa shape index (κ2) is 7.42. The first kappa shape index (κ1) is 17.1. The molecule has 2 heterocycles. The summed E-state index contributed by atoms with van der Waals surface area (Å²) in [7, 11) is 4.02. The molecule has 0 N–H and O–H groups in total. The number of hydrogen-bond donors (Lipinski definition) is 0. The van der Waals surface area contributed by atoms with Gasteiger partial charge < -0.3 is 9.42 Å². The van der Waals surface area contributed by atoms with Crippen molar-refractivity contribution in [3.63, 3.8) is 0 Å². The number of benzene rings is 1. The van der Waals surface area contributed by atoms with Gasteiger partial charge in [0, 0.05) is 17.1 Å².